The van der Waals surface area contributed by atoms with E-state index in [2.05, 4.69) is 0 Å². The number of hydrogen-bond donors (Lipinski definition) is 0. The summed E-state index contributed by atoms with van der Waals surface area (Å²) in [6.45, 7) is 14.1. The molecule has 27 heavy (non-hydrogen) atoms. The van der Waals surface area contributed by atoms with Gasteiger partial charge >= 0.3 is 13.1 Å². The summed E-state index contributed by atoms with van der Waals surface area (Å²) >= 11 is 0. The van der Waals surface area contributed by atoms with E-state index in [1.807, 2.05) is 72.7 Å². The molecule has 150 valence electrons. The average Bonchev–Trinajstić information content (AvgIpc) is 2.74. The predicted molar refractivity (Wildman–Crippen MR) is 104 cm³/mol. The molecule has 1 aromatic carbocycles. The van der Waals surface area contributed by atoms with Crippen molar-refractivity contribution in [1.82, 2.24) is 0 Å². The molecule has 0 amide bonds. The molecule has 0 aliphatic carbocycles. The van der Waals surface area contributed by atoms with Gasteiger partial charge < -0.3 is 23.5 Å². The molecule has 0 bridgehead atoms. The zero-order chi connectivity index (χ0) is 20.3. The van der Waals surface area contributed by atoms with Crippen molar-refractivity contribution in [2.45, 2.75) is 65.3 Å². The van der Waals surface area contributed by atoms with Crippen molar-refractivity contribution in [3.8, 4) is 5.75 Å². The van der Waals surface area contributed by atoms with E-state index >= 15 is 0 Å². The molecule has 0 radical (unpaired) electrons. The van der Waals surface area contributed by atoms with Crippen molar-refractivity contribution in [2.24, 2.45) is 0 Å². The second-order valence-corrected chi connectivity index (χ2v) is 8.64. The SMILES string of the molecule is CC(C)(C)OC(=O)COCCOc1ccc(B2OC(C)(C)C(C)(C)O2)cc1. The molecule has 0 saturated carbocycles. The van der Waals surface area contributed by atoms with Crippen LogP contribution in [0.25, 0.3) is 0 Å². The van der Waals surface area contributed by atoms with Crippen LogP contribution < -0.4 is 10.2 Å². The summed E-state index contributed by atoms with van der Waals surface area (Å²) in [6, 6.07) is 7.60. The molecule has 7 heteroatoms. The van der Waals surface area contributed by atoms with E-state index in [1.54, 1.807) is 0 Å². The third-order valence-corrected chi connectivity index (χ3v) is 4.54. The van der Waals surface area contributed by atoms with E-state index in [-0.39, 0.29) is 30.9 Å². The molecule has 0 unspecified atom stereocenters. The number of carbonyl (C=O) groups excluding carboxylic acids is 1. The Hall–Kier alpha value is -1.57. The molecule has 1 aromatic rings. The van der Waals surface area contributed by atoms with Gasteiger partial charge in [0.1, 0.15) is 24.6 Å². The summed E-state index contributed by atoms with van der Waals surface area (Å²) in [5.41, 5.74) is -0.283. The van der Waals surface area contributed by atoms with Gasteiger partial charge in [-0.15, -0.1) is 0 Å². The molecule has 1 heterocycles. The third-order valence-electron chi connectivity index (χ3n) is 4.54. The number of esters is 1. The van der Waals surface area contributed by atoms with Crippen LogP contribution in [0.1, 0.15) is 48.5 Å². The first kappa shape index (κ1) is 21.7. The van der Waals surface area contributed by atoms with E-state index in [0.717, 1.165) is 11.2 Å². The van der Waals surface area contributed by atoms with Crippen LogP contribution in [-0.4, -0.2) is 49.7 Å². The van der Waals surface area contributed by atoms with Crippen molar-refractivity contribution < 1.29 is 28.3 Å². The lowest BCUT2D eigenvalue weighted by molar-refractivity contribution is -0.160. The molecule has 0 atom stereocenters. The zero-order valence-electron chi connectivity index (χ0n) is 17.5. The van der Waals surface area contributed by atoms with Crippen molar-refractivity contribution in [3.63, 3.8) is 0 Å². The van der Waals surface area contributed by atoms with Crippen LogP contribution in [-0.2, 0) is 23.6 Å². The van der Waals surface area contributed by atoms with Gasteiger partial charge in [0, 0.05) is 0 Å². The molecule has 1 saturated heterocycles. The van der Waals surface area contributed by atoms with E-state index < -0.39 is 5.60 Å². The highest BCUT2D eigenvalue weighted by Crippen LogP contribution is 2.36. The highest BCUT2D eigenvalue weighted by atomic mass is 16.7. The van der Waals surface area contributed by atoms with Gasteiger partial charge in [-0.25, -0.2) is 4.79 Å². The Kier molecular flexibility index (Phi) is 6.61. The Bertz CT molecular complexity index is 617. The molecular formula is C20H31BO6. The highest BCUT2D eigenvalue weighted by Gasteiger charge is 2.51. The van der Waals surface area contributed by atoms with Gasteiger partial charge in [-0.3, -0.25) is 0 Å². The Labute approximate surface area is 162 Å². The summed E-state index contributed by atoms with van der Waals surface area (Å²) in [5, 5.41) is 0. The largest absolute Gasteiger partial charge is 0.494 e. The molecule has 1 fully saturated rings. The van der Waals surface area contributed by atoms with E-state index in [9.17, 15) is 4.79 Å². The minimum absolute atomic E-state index is 0.0818. The maximum absolute atomic E-state index is 11.5. The lowest BCUT2D eigenvalue weighted by Crippen LogP contribution is -2.41. The Morgan fingerprint density at radius 2 is 1.56 bits per heavy atom. The predicted octanol–water partition coefficient (Wildman–Crippen LogP) is 2.72. The van der Waals surface area contributed by atoms with Crippen LogP contribution in [0.3, 0.4) is 0 Å². The maximum atomic E-state index is 11.5. The van der Waals surface area contributed by atoms with Gasteiger partial charge in [0.25, 0.3) is 0 Å². The number of rotatable bonds is 7. The van der Waals surface area contributed by atoms with Crippen molar-refractivity contribution >= 4 is 18.6 Å². The molecule has 0 spiro atoms. The fourth-order valence-corrected chi connectivity index (χ4v) is 2.45. The Morgan fingerprint density at radius 3 is 2.07 bits per heavy atom. The number of ether oxygens (including phenoxy) is 3. The third kappa shape index (κ3) is 6.23. The topological polar surface area (TPSA) is 63.2 Å². The standard InChI is InChI=1S/C20H31BO6/c1-18(2,3)25-17(22)14-23-12-13-24-16-10-8-15(9-11-16)21-26-19(4,5)20(6,7)27-21/h8-11H,12-14H2,1-7H3. The van der Waals surface area contributed by atoms with Gasteiger partial charge in [0.2, 0.25) is 0 Å². The number of carbonyl (C=O) groups is 1. The van der Waals surface area contributed by atoms with Crippen molar-refractivity contribution in [2.75, 3.05) is 19.8 Å². The van der Waals surface area contributed by atoms with Gasteiger partial charge in [-0.2, -0.15) is 0 Å². The summed E-state index contributed by atoms with van der Waals surface area (Å²) < 4.78 is 28.1. The van der Waals surface area contributed by atoms with Crippen LogP contribution in [0.2, 0.25) is 0 Å². The zero-order valence-corrected chi connectivity index (χ0v) is 17.5. The minimum atomic E-state index is -0.504. The van der Waals surface area contributed by atoms with Gasteiger partial charge in [0.05, 0.1) is 17.8 Å². The lowest BCUT2D eigenvalue weighted by atomic mass is 9.79. The minimum Gasteiger partial charge on any atom is -0.491 e. The molecular weight excluding hydrogens is 347 g/mol. The van der Waals surface area contributed by atoms with Gasteiger partial charge in [-0.05, 0) is 66.1 Å². The van der Waals surface area contributed by atoms with Crippen LogP contribution in [0.5, 0.6) is 5.75 Å². The van der Waals surface area contributed by atoms with E-state index in [4.69, 9.17) is 23.5 Å². The second-order valence-electron chi connectivity index (χ2n) is 8.64. The molecule has 1 aliphatic rings. The van der Waals surface area contributed by atoms with Crippen LogP contribution >= 0.6 is 0 Å². The first-order valence-corrected chi connectivity index (χ1v) is 9.28. The maximum Gasteiger partial charge on any atom is 0.494 e. The number of hydrogen-bond acceptors (Lipinski definition) is 6. The van der Waals surface area contributed by atoms with Gasteiger partial charge in [0.15, 0.2) is 0 Å². The fraction of sp³-hybridized carbons (Fsp3) is 0.650. The lowest BCUT2D eigenvalue weighted by Gasteiger charge is -2.32. The smallest absolute Gasteiger partial charge is 0.491 e. The number of benzene rings is 1. The van der Waals surface area contributed by atoms with Gasteiger partial charge in [-0.1, -0.05) is 12.1 Å². The monoisotopic (exact) mass is 378 g/mol. The summed E-state index contributed by atoms with van der Waals surface area (Å²) in [7, 11) is -0.388. The fourth-order valence-electron chi connectivity index (χ4n) is 2.45. The molecule has 2 rings (SSSR count). The van der Waals surface area contributed by atoms with Crippen LogP contribution in [0.4, 0.5) is 0 Å². The summed E-state index contributed by atoms with van der Waals surface area (Å²) in [5.74, 6) is 0.338. The van der Waals surface area contributed by atoms with Crippen molar-refractivity contribution in [3.05, 3.63) is 24.3 Å². The highest BCUT2D eigenvalue weighted by molar-refractivity contribution is 6.62. The van der Waals surface area contributed by atoms with Crippen LogP contribution in [0, 0.1) is 0 Å². The first-order valence-electron chi connectivity index (χ1n) is 9.28. The summed E-state index contributed by atoms with van der Waals surface area (Å²) in [6.07, 6.45) is 0. The second kappa shape index (κ2) is 8.21. The van der Waals surface area contributed by atoms with E-state index in [1.165, 1.54) is 0 Å². The molecule has 1 aliphatic heterocycles. The summed E-state index contributed by atoms with van der Waals surface area (Å²) in [4.78, 5) is 11.5. The quantitative estimate of drug-likeness (QED) is 0.413. The normalized spacial score (nSPS) is 18.4. The Balaban J connectivity index is 1.73. The first-order chi connectivity index (χ1) is 12.4. The van der Waals surface area contributed by atoms with Crippen molar-refractivity contribution in [1.29, 1.82) is 0 Å². The molecule has 0 aromatic heterocycles. The average molecular weight is 378 g/mol. The molecule has 0 N–H and O–H groups in total. The van der Waals surface area contributed by atoms with Crippen LogP contribution in [0.15, 0.2) is 24.3 Å². The van der Waals surface area contributed by atoms with E-state index in [0.29, 0.717) is 13.2 Å². The molecule has 6 nitrogen and oxygen atoms in total. The Morgan fingerprint density at radius 1 is 1.00 bits per heavy atom.